The predicted molar refractivity (Wildman–Crippen MR) is 79.7 cm³/mol. The van der Waals surface area contributed by atoms with Gasteiger partial charge < -0.3 is 15.1 Å². The second-order valence-electron chi connectivity index (χ2n) is 5.56. The normalized spacial score (nSPS) is 11.4. The second-order valence-corrected chi connectivity index (χ2v) is 6.65. The lowest BCUT2D eigenvalue weighted by Gasteiger charge is -2.20. The van der Waals surface area contributed by atoms with Crippen LogP contribution in [0.15, 0.2) is 22.8 Å². The van der Waals surface area contributed by atoms with Crippen LogP contribution in [0.2, 0.25) is 0 Å². The summed E-state index contributed by atoms with van der Waals surface area (Å²) in [6.07, 6.45) is 1.63. The molecule has 0 aromatic carbocycles. The average molecular weight is 293 g/mol. The summed E-state index contributed by atoms with van der Waals surface area (Å²) in [5, 5.41) is 6.54. The van der Waals surface area contributed by atoms with Crippen molar-refractivity contribution >= 4 is 17.4 Å². The fourth-order valence-corrected chi connectivity index (χ4v) is 2.61. The van der Waals surface area contributed by atoms with Crippen molar-refractivity contribution in [1.29, 1.82) is 0 Å². The molecule has 0 aliphatic rings. The lowest BCUT2D eigenvalue weighted by molar-refractivity contribution is 0.231. The Morgan fingerprint density at radius 2 is 2.20 bits per heavy atom. The highest BCUT2D eigenvalue weighted by molar-refractivity contribution is 7.15. The third-order valence-corrected chi connectivity index (χ3v) is 3.69. The minimum Gasteiger partial charge on any atom is -0.462 e. The van der Waals surface area contributed by atoms with E-state index < -0.39 is 0 Å². The summed E-state index contributed by atoms with van der Waals surface area (Å²) in [5.41, 5.74) is 0.670. The van der Waals surface area contributed by atoms with Crippen LogP contribution < -0.4 is 10.6 Å². The van der Waals surface area contributed by atoms with Gasteiger partial charge in [-0.25, -0.2) is 9.78 Å². The number of rotatable bonds is 3. The van der Waals surface area contributed by atoms with Gasteiger partial charge in [-0.15, -0.1) is 11.3 Å². The number of hydrogen-bond donors (Lipinski definition) is 2. The van der Waals surface area contributed by atoms with Gasteiger partial charge in [-0.1, -0.05) is 0 Å². The zero-order chi connectivity index (χ0) is 14.8. The van der Waals surface area contributed by atoms with Crippen molar-refractivity contribution in [2.24, 2.45) is 0 Å². The first-order valence-corrected chi connectivity index (χ1v) is 7.23. The molecule has 6 heteroatoms. The Balaban J connectivity index is 1.99. The number of aromatic nitrogens is 1. The fourth-order valence-electron chi connectivity index (χ4n) is 1.64. The summed E-state index contributed by atoms with van der Waals surface area (Å²) < 4.78 is 5.33. The first-order valence-electron chi connectivity index (χ1n) is 6.41. The Kier molecular flexibility index (Phi) is 4.13. The maximum Gasteiger partial charge on any atom is 0.315 e. The molecule has 20 heavy (non-hydrogen) atoms. The van der Waals surface area contributed by atoms with Gasteiger partial charge in [0.05, 0.1) is 18.5 Å². The van der Waals surface area contributed by atoms with E-state index in [2.05, 4.69) is 15.6 Å². The van der Waals surface area contributed by atoms with Crippen molar-refractivity contribution in [3.63, 3.8) is 0 Å². The predicted octanol–water partition coefficient (Wildman–Crippen LogP) is 3.31. The molecule has 0 aliphatic carbocycles. The van der Waals surface area contributed by atoms with Crippen LogP contribution in [0.4, 0.5) is 4.79 Å². The van der Waals surface area contributed by atoms with Gasteiger partial charge in [0.2, 0.25) is 0 Å². The molecule has 0 bridgehead atoms. The van der Waals surface area contributed by atoms with Crippen molar-refractivity contribution in [2.75, 3.05) is 0 Å². The average Bonchev–Trinajstić information content (AvgIpc) is 2.93. The first-order chi connectivity index (χ1) is 9.35. The molecule has 0 radical (unpaired) electrons. The third-order valence-electron chi connectivity index (χ3n) is 2.52. The summed E-state index contributed by atoms with van der Waals surface area (Å²) in [4.78, 5) is 17.2. The summed E-state index contributed by atoms with van der Waals surface area (Å²) in [7, 11) is 0. The standard InChI is InChI=1S/C14H19N3O2S/c1-9-11(8-15-13(18)17-14(2,3)4)20-12(16-9)10-6-5-7-19-10/h5-7H,8H2,1-4H3,(H2,15,17,18). The molecule has 0 saturated heterocycles. The third kappa shape index (κ3) is 3.84. The number of nitrogens with one attached hydrogen (secondary N) is 2. The molecule has 2 aromatic heterocycles. The quantitative estimate of drug-likeness (QED) is 0.912. The van der Waals surface area contributed by atoms with Crippen LogP contribution in [-0.4, -0.2) is 16.6 Å². The molecular formula is C14H19N3O2S. The number of thiazole rings is 1. The smallest absolute Gasteiger partial charge is 0.315 e. The van der Waals surface area contributed by atoms with Crippen LogP contribution in [0.1, 0.15) is 31.3 Å². The Morgan fingerprint density at radius 1 is 1.45 bits per heavy atom. The van der Waals surface area contributed by atoms with Gasteiger partial charge in [0, 0.05) is 10.4 Å². The molecule has 0 unspecified atom stereocenters. The summed E-state index contributed by atoms with van der Waals surface area (Å²) in [6.45, 7) is 8.23. The first kappa shape index (κ1) is 14.6. The molecule has 2 N–H and O–H groups in total. The van der Waals surface area contributed by atoms with Crippen molar-refractivity contribution < 1.29 is 9.21 Å². The second kappa shape index (κ2) is 5.66. The van der Waals surface area contributed by atoms with Crippen molar-refractivity contribution in [3.05, 3.63) is 29.0 Å². The maximum atomic E-state index is 11.7. The lowest BCUT2D eigenvalue weighted by atomic mass is 10.1. The molecule has 108 valence electrons. The van der Waals surface area contributed by atoms with E-state index in [0.29, 0.717) is 6.54 Å². The van der Waals surface area contributed by atoms with Gasteiger partial charge in [-0.3, -0.25) is 0 Å². The maximum absolute atomic E-state index is 11.7. The number of nitrogens with zero attached hydrogens (tertiary/aromatic N) is 1. The van der Waals surface area contributed by atoms with Gasteiger partial charge >= 0.3 is 6.03 Å². The van der Waals surface area contributed by atoms with Crippen LogP contribution in [0, 0.1) is 6.92 Å². The van der Waals surface area contributed by atoms with Gasteiger partial charge in [-0.2, -0.15) is 0 Å². The minimum atomic E-state index is -0.244. The minimum absolute atomic E-state index is 0.176. The van der Waals surface area contributed by atoms with E-state index in [1.54, 1.807) is 6.26 Å². The monoisotopic (exact) mass is 293 g/mol. The topological polar surface area (TPSA) is 67.2 Å². The van der Waals surface area contributed by atoms with Crippen LogP contribution in [0.3, 0.4) is 0 Å². The summed E-state index contributed by atoms with van der Waals surface area (Å²) >= 11 is 1.53. The molecule has 0 fully saturated rings. The van der Waals surface area contributed by atoms with Gasteiger partial charge in [-0.05, 0) is 39.8 Å². The Bertz CT molecular complexity index is 582. The Morgan fingerprint density at radius 3 is 2.80 bits per heavy atom. The highest BCUT2D eigenvalue weighted by Gasteiger charge is 2.15. The van der Waals surface area contributed by atoms with Gasteiger partial charge in [0.25, 0.3) is 0 Å². The van der Waals surface area contributed by atoms with Crippen molar-refractivity contribution in [2.45, 2.75) is 39.8 Å². The van der Waals surface area contributed by atoms with E-state index in [1.807, 2.05) is 39.8 Å². The lowest BCUT2D eigenvalue weighted by Crippen LogP contribution is -2.46. The molecular weight excluding hydrogens is 274 g/mol. The van der Waals surface area contributed by atoms with Crippen molar-refractivity contribution in [1.82, 2.24) is 15.6 Å². The van der Waals surface area contributed by atoms with Crippen molar-refractivity contribution in [3.8, 4) is 10.8 Å². The zero-order valence-electron chi connectivity index (χ0n) is 12.1. The number of aryl methyl sites for hydroxylation is 1. The molecule has 0 aliphatic heterocycles. The van der Waals surface area contributed by atoms with Crippen LogP contribution in [0.25, 0.3) is 10.8 Å². The Labute approximate surface area is 122 Å². The molecule has 5 nitrogen and oxygen atoms in total. The number of furan rings is 1. The largest absolute Gasteiger partial charge is 0.462 e. The number of urea groups is 1. The fraction of sp³-hybridized carbons (Fsp3) is 0.429. The van der Waals surface area contributed by atoms with E-state index in [9.17, 15) is 4.79 Å². The van der Waals surface area contributed by atoms with Crippen LogP contribution in [0.5, 0.6) is 0 Å². The van der Waals surface area contributed by atoms with E-state index in [-0.39, 0.29) is 11.6 Å². The van der Waals surface area contributed by atoms with Gasteiger partial charge in [0.1, 0.15) is 0 Å². The number of carbonyl (C=O) groups is 1. The summed E-state index contributed by atoms with van der Waals surface area (Å²) in [5.74, 6) is 0.753. The zero-order valence-corrected chi connectivity index (χ0v) is 12.9. The van der Waals surface area contributed by atoms with E-state index >= 15 is 0 Å². The molecule has 2 amide bonds. The van der Waals surface area contributed by atoms with Crippen LogP contribution in [-0.2, 0) is 6.54 Å². The molecule has 2 heterocycles. The molecule has 0 saturated carbocycles. The molecule has 2 rings (SSSR count). The SMILES string of the molecule is Cc1nc(-c2ccco2)sc1CNC(=O)NC(C)(C)C. The van der Waals surface area contributed by atoms with E-state index in [0.717, 1.165) is 21.3 Å². The molecule has 0 atom stereocenters. The highest BCUT2D eigenvalue weighted by Crippen LogP contribution is 2.27. The number of hydrogen-bond acceptors (Lipinski definition) is 4. The van der Waals surface area contributed by atoms with Crippen LogP contribution >= 0.6 is 11.3 Å². The van der Waals surface area contributed by atoms with E-state index in [4.69, 9.17) is 4.42 Å². The molecule has 0 spiro atoms. The number of carbonyl (C=O) groups excluding carboxylic acids is 1. The molecule has 2 aromatic rings. The van der Waals surface area contributed by atoms with Gasteiger partial charge in [0.15, 0.2) is 10.8 Å². The van der Waals surface area contributed by atoms with E-state index in [1.165, 1.54) is 11.3 Å². The number of amides is 2. The summed E-state index contributed by atoms with van der Waals surface area (Å²) in [6, 6.07) is 3.53. The Hall–Kier alpha value is -1.82. The highest BCUT2D eigenvalue weighted by atomic mass is 32.1.